The Kier molecular flexibility index (Phi) is 9.70. The van der Waals surface area contributed by atoms with E-state index in [4.69, 9.17) is 23.2 Å². The summed E-state index contributed by atoms with van der Waals surface area (Å²) >= 11 is 13.4. The number of rotatable bonds is 9. The Bertz CT molecular complexity index is 629. The first kappa shape index (κ1) is 21.6. The number of halogens is 2. The molecule has 6 nitrogen and oxygen atoms in total. The summed E-state index contributed by atoms with van der Waals surface area (Å²) in [5.74, 6) is -0.209. The molecule has 1 aromatic carbocycles. The molecule has 0 aliphatic carbocycles. The average molecular weight is 406 g/mol. The molecule has 0 saturated carbocycles. The van der Waals surface area contributed by atoms with Crippen molar-refractivity contribution >= 4 is 52.7 Å². The standard InChI is InChI=1S/C16H21Cl2N3O3S/c1-10(22)19-6-7-20-16(24)14(5-8-25-2)21-15(23)12-4-3-11(17)9-13(12)18/h3-4,9,14H,5-8H2,1-2H3,(H,19,22)(H,20,24)(H,21,23)/t14-/m1/s1. The Hall–Kier alpha value is -1.44. The molecule has 0 aromatic heterocycles. The molecular weight excluding hydrogens is 385 g/mol. The van der Waals surface area contributed by atoms with Crippen LogP contribution in [-0.4, -0.2) is 48.9 Å². The number of nitrogens with one attached hydrogen (secondary N) is 3. The van der Waals surface area contributed by atoms with Crippen LogP contribution in [0.1, 0.15) is 23.7 Å². The highest BCUT2D eigenvalue weighted by molar-refractivity contribution is 7.98. The van der Waals surface area contributed by atoms with Crippen molar-refractivity contribution in [1.29, 1.82) is 0 Å². The van der Waals surface area contributed by atoms with Crippen LogP contribution in [0.5, 0.6) is 0 Å². The minimum absolute atomic E-state index is 0.168. The van der Waals surface area contributed by atoms with Crippen molar-refractivity contribution in [2.45, 2.75) is 19.4 Å². The molecule has 0 aliphatic heterocycles. The Balaban J connectivity index is 2.68. The minimum atomic E-state index is -0.691. The van der Waals surface area contributed by atoms with Gasteiger partial charge in [0.25, 0.3) is 5.91 Å². The molecule has 1 rings (SSSR count). The maximum atomic E-state index is 12.4. The second-order valence-electron chi connectivity index (χ2n) is 5.21. The van der Waals surface area contributed by atoms with Crippen LogP contribution >= 0.6 is 35.0 Å². The van der Waals surface area contributed by atoms with Crippen LogP contribution in [0.2, 0.25) is 10.0 Å². The van der Waals surface area contributed by atoms with E-state index in [-0.39, 0.29) is 28.9 Å². The Morgan fingerprint density at radius 3 is 2.44 bits per heavy atom. The number of thioether (sulfide) groups is 1. The molecule has 1 atom stereocenters. The molecule has 25 heavy (non-hydrogen) atoms. The quantitative estimate of drug-likeness (QED) is 0.548. The highest BCUT2D eigenvalue weighted by Crippen LogP contribution is 2.21. The smallest absolute Gasteiger partial charge is 0.253 e. The van der Waals surface area contributed by atoms with Crippen LogP contribution in [-0.2, 0) is 9.59 Å². The van der Waals surface area contributed by atoms with Crippen molar-refractivity contribution in [2.24, 2.45) is 0 Å². The zero-order chi connectivity index (χ0) is 18.8. The lowest BCUT2D eigenvalue weighted by Crippen LogP contribution is -2.48. The normalized spacial score (nSPS) is 11.5. The SMILES string of the molecule is CSCC[C@@H](NC(=O)c1ccc(Cl)cc1Cl)C(=O)NCCNC(C)=O. The van der Waals surface area contributed by atoms with Crippen LogP contribution in [0, 0.1) is 0 Å². The summed E-state index contributed by atoms with van der Waals surface area (Å²) in [5, 5.41) is 8.63. The van der Waals surface area contributed by atoms with Crippen LogP contribution < -0.4 is 16.0 Å². The van der Waals surface area contributed by atoms with E-state index in [1.54, 1.807) is 17.8 Å². The first-order chi connectivity index (χ1) is 11.8. The lowest BCUT2D eigenvalue weighted by Gasteiger charge is -2.18. The van der Waals surface area contributed by atoms with Crippen LogP contribution in [0.25, 0.3) is 0 Å². The molecule has 0 spiro atoms. The highest BCUT2D eigenvalue weighted by Gasteiger charge is 2.22. The zero-order valence-corrected chi connectivity index (χ0v) is 16.4. The fourth-order valence-electron chi connectivity index (χ4n) is 1.96. The molecule has 0 radical (unpaired) electrons. The molecule has 3 N–H and O–H groups in total. The maximum Gasteiger partial charge on any atom is 0.253 e. The third-order valence-corrected chi connectivity index (χ3v) is 4.40. The number of hydrogen-bond acceptors (Lipinski definition) is 4. The number of carbonyl (C=O) groups is 3. The van der Waals surface area contributed by atoms with E-state index in [1.807, 2.05) is 6.26 Å². The maximum absolute atomic E-state index is 12.4. The van der Waals surface area contributed by atoms with E-state index >= 15 is 0 Å². The number of carbonyl (C=O) groups excluding carboxylic acids is 3. The monoisotopic (exact) mass is 405 g/mol. The van der Waals surface area contributed by atoms with Gasteiger partial charge in [0.1, 0.15) is 6.04 Å². The van der Waals surface area contributed by atoms with Gasteiger partial charge in [-0.1, -0.05) is 23.2 Å². The third-order valence-electron chi connectivity index (χ3n) is 3.21. The first-order valence-electron chi connectivity index (χ1n) is 7.62. The second-order valence-corrected chi connectivity index (χ2v) is 7.03. The fourth-order valence-corrected chi connectivity index (χ4v) is 2.93. The lowest BCUT2D eigenvalue weighted by molar-refractivity contribution is -0.123. The van der Waals surface area contributed by atoms with E-state index in [9.17, 15) is 14.4 Å². The lowest BCUT2D eigenvalue weighted by atomic mass is 10.1. The van der Waals surface area contributed by atoms with Gasteiger partial charge in [-0.15, -0.1) is 0 Å². The molecule has 0 unspecified atom stereocenters. The topological polar surface area (TPSA) is 87.3 Å². The molecule has 1 aromatic rings. The molecule has 0 saturated heterocycles. The van der Waals surface area contributed by atoms with Gasteiger partial charge in [-0.3, -0.25) is 14.4 Å². The van der Waals surface area contributed by atoms with E-state index in [0.717, 1.165) is 0 Å². The van der Waals surface area contributed by atoms with Crippen molar-refractivity contribution in [2.75, 3.05) is 25.1 Å². The van der Waals surface area contributed by atoms with E-state index in [2.05, 4.69) is 16.0 Å². The van der Waals surface area contributed by atoms with Crippen molar-refractivity contribution < 1.29 is 14.4 Å². The van der Waals surface area contributed by atoms with Gasteiger partial charge in [0.15, 0.2) is 0 Å². The van der Waals surface area contributed by atoms with Gasteiger partial charge in [-0.05, 0) is 36.6 Å². The van der Waals surface area contributed by atoms with Gasteiger partial charge in [0.05, 0.1) is 10.6 Å². The molecule has 0 bridgehead atoms. The van der Waals surface area contributed by atoms with Gasteiger partial charge in [-0.2, -0.15) is 11.8 Å². The van der Waals surface area contributed by atoms with E-state index in [0.29, 0.717) is 23.7 Å². The molecule has 3 amide bonds. The van der Waals surface area contributed by atoms with Crippen LogP contribution in [0.3, 0.4) is 0 Å². The molecule has 0 heterocycles. The molecule has 0 fully saturated rings. The Labute approximate surface area is 161 Å². The largest absolute Gasteiger partial charge is 0.355 e. The van der Waals surface area contributed by atoms with Crippen molar-refractivity contribution in [1.82, 2.24) is 16.0 Å². The van der Waals surface area contributed by atoms with Gasteiger partial charge < -0.3 is 16.0 Å². The minimum Gasteiger partial charge on any atom is -0.355 e. The average Bonchev–Trinajstić information content (AvgIpc) is 2.54. The number of hydrogen-bond donors (Lipinski definition) is 3. The van der Waals surface area contributed by atoms with E-state index in [1.165, 1.54) is 19.1 Å². The molecular formula is C16H21Cl2N3O3S. The summed E-state index contributed by atoms with van der Waals surface area (Å²) in [6.45, 7) is 2.01. The summed E-state index contributed by atoms with van der Waals surface area (Å²) in [4.78, 5) is 35.5. The molecule has 9 heteroatoms. The number of amides is 3. The Morgan fingerprint density at radius 2 is 1.84 bits per heavy atom. The van der Waals surface area contributed by atoms with Gasteiger partial charge >= 0.3 is 0 Å². The highest BCUT2D eigenvalue weighted by atomic mass is 35.5. The van der Waals surface area contributed by atoms with Gasteiger partial charge in [0.2, 0.25) is 11.8 Å². The van der Waals surface area contributed by atoms with Crippen molar-refractivity contribution in [3.8, 4) is 0 Å². The predicted molar refractivity (Wildman–Crippen MR) is 102 cm³/mol. The molecule has 0 aliphatic rings. The third kappa shape index (κ3) is 7.98. The summed E-state index contributed by atoms with van der Waals surface area (Å²) in [7, 11) is 0. The Morgan fingerprint density at radius 1 is 1.16 bits per heavy atom. The summed E-state index contributed by atoms with van der Waals surface area (Å²) < 4.78 is 0. The predicted octanol–water partition coefficient (Wildman–Crippen LogP) is 2.10. The van der Waals surface area contributed by atoms with E-state index < -0.39 is 11.9 Å². The number of benzene rings is 1. The summed E-state index contributed by atoms with van der Waals surface area (Å²) in [6.07, 6.45) is 2.40. The fraction of sp³-hybridized carbons (Fsp3) is 0.438. The van der Waals surface area contributed by atoms with Gasteiger partial charge in [-0.25, -0.2) is 0 Å². The summed E-state index contributed by atoms with van der Waals surface area (Å²) in [5.41, 5.74) is 0.256. The van der Waals surface area contributed by atoms with Crippen molar-refractivity contribution in [3.63, 3.8) is 0 Å². The van der Waals surface area contributed by atoms with Crippen molar-refractivity contribution in [3.05, 3.63) is 33.8 Å². The summed E-state index contributed by atoms with van der Waals surface area (Å²) in [6, 6.07) is 3.86. The van der Waals surface area contributed by atoms with Gasteiger partial charge in [0, 0.05) is 25.0 Å². The van der Waals surface area contributed by atoms with Crippen LogP contribution in [0.15, 0.2) is 18.2 Å². The molecule has 138 valence electrons. The first-order valence-corrected chi connectivity index (χ1v) is 9.77. The van der Waals surface area contributed by atoms with Crippen LogP contribution in [0.4, 0.5) is 0 Å². The second kappa shape index (κ2) is 11.2. The zero-order valence-electron chi connectivity index (χ0n) is 14.0.